The Labute approximate surface area is 346 Å². The molecule has 8 rings (SSSR count). The van der Waals surface area contributed by atoms with Crippen LogP contribution in [-0.4, -0.2) is 6.94 Å². The molecule has 4 aromatic carbocycles. The molecular formula is C50H50Cl2F2HfSi. The molecule has 0 fully saturated rings. The molecule has 4 aromatic rings. The number of rotatable bonds is 8. The zero-order valence-electron chi connectivity index (χ0n) is 32.6. The largest absolute Gasteiger partial charge is 0.147 e. The molecule has 0 spiro atoms. The molecule has 0 nitrogen and oxygen atoms in total. The van der Waals surface area contributed by atoms with Crippen LogP contribution in [0.4, 0.5) is 8.78 Å². The van der Waals surface area contributed by atoms with Gasteiger partial charge in [0.25, 0.3) is 0 Å². The van der Waals surface area contributed by atoms with Gasteiger partial charge in [0.1, 0.15) is 0 Å². The van der Waals surface area contributed by atoms with Crippen LogP contribution in [0.25, 0.3) is 22.3 Å². The van der Waals surface area contributed by atoms with E-state index in [1.807, 2.05) is 72.8 Å². The van der Waals surface area contributed by atoms with Gasteiger partial charge in [-0.2, -0.15) is 0 Å². The molecule has 0 bridgehead atoms. The van der Waals surface area contributed by atoms with Crippen molar-refractivity contribution in [1.29, 1.82) is 0 Å². The first-order chi connectivity index (χ1) is 26.1. The summed E-state index contributed by atoms with van der Waals surface area (Å²) in [5, 5.41) is 0. The smallest absolute Gasteiger partial charge is 0.147 e. The summed E-state index contributed by atoms with van der Waals surface area (Å²) in [6, 6.07) is 31.4. The van der Waals surface area contributed by atoms with Gasteiger partial charge in [-0.05, 0) is 0 Å². The summed E-state index contributed by atoms with van der Waals surface area (Å²) in [4.78, 5) is 0. The third-order valence-corrected chi connectivity index (χ3v) is 33.6. The van der Waals surface area contributed by atoms with Crippen LogP contribution in [0, 0.1) is 11.6 Å². The molecule has 0 saturated heterocycles. The van der Waals surface area contributed by atoms with E-state index in [9.17, 15) is 0 Å². The third-order valence-electron chi connectivity index (χ3n) is 12.1. The quantitative estimate of drug-likeness (QED) is 0.154. The van der Waals surface area contributed by atoms with Crippen LogP contribution in [0.5, 0.6) is 0 Å². The van der Waals surface area contributed by atoms with Gasteiger partial charge in [0.05, 0.1) is 0 Å². The minimum absolute atomic E-state index is 0. The van der Waals surface area contributed by atoms with Crippen LogP contribution in [0.3, 0.4) is 0 Å². The van der Waals surface area contributed by atoms with Crippen molar-refractivity contribution < 1.29 is 25.9 Å². The van der Waals surface area contributed by atoms with E-state index in [0.29, 0.717) is 11.1 Å². The fourth-order valence-electron chi connectivity index (χ4n) is 9.66. The van der Waals surface area contributed by atoms with E-state index in [0.717, 1.165) is 47.9 Å². The molecule has 56 heavy (non-hydrogen) atoms. The molecule has 6 heteroatoms. The molecule has 0 amide bonds. The van der Waals surface area contributed by atoms with Crippen LogP contribution < -0.4 is 0 Å². The summed E-state index contributed by atoms with van der Waals surface area (Å²) in [6.07, 6.45) is 22.2. The number of allylic oxidation sites excluding steroid dienone is 16. The number of benzene rings is 4. The molecule has 2 atom stereocenters. The summed E-state index contributed by atoms with van der Waals surface area (Å²) in [5.41, 5.74) is 13.3. The second kappa shape index (κ2) is 16.7. The van der Waals surface area contributed by atoms with Crippen molar-refractivity contribution in [1.82, 2.24) is 0 Å². The zero-order valence-corrected chi connectivity index (χ0v) is 39.3. The number of hydrogen-bond acceptors (Lipinski definition) is 0. The minimum atomic E-state index is -4.23. The molecule has 0 N–H and O–H groups in total. The van der Waals surface area contributed by atoms with E-state index in [1.165, 1.54) is 33.4 Å². The van der Waals surface area contributed by atoms with Crippen molar-refractivity contribution in [3.05, 3.63) is 209 Å². The monoisotopic (exact) mass is 966 g/mol. The van der Waals surface area contributed by atoms with Gasteiger partial charge < -0.3 is 0 Å². The van der Waals surface area contributed by atoms with Gasteiger partial charge in [-0.1, -0.05) is 0 Å². The van der Waals surface area contributed by atoms with Gasteiger partial charge in [0.2, 0.25) is 0 Å². The normalized spacial score (nSPS) is 19.1. The molecule has 2 unspecified atom stereocenters. The summed E-state index contributed by atoms with van der Waals surface area (Å²) in [7, 11) is 0. The maximum atomic E-state index is 15.9. The van der Waals surface area contributed by atoms with Gasteiger partial charge in [0, 0.05) is 0 Å². The van der Waals surface area contributed by atoms with E-state index < -0.39 is 17.1 Å². The maximum absolute atomic E-state index is 15.9. The fourth-order valence-corrected chi connectivity index (χ4v) is 34.4. The number of hydrogen-bond donors (Lipinski definition) is 0. The third kappa shape index (κ3) is 7.44. The van der Waals surface area contributed by atoms with E-state index in [2.05, 4.69) is 90.9 Å². The molecule has 0 heterocycles. The first-order valence-corrected chi connectivity index (χ1v) is 38.6. The van der Waals surface area contributed by atoms with E-state index in [1.54, 1.807) is 18.8 Å². The first-order valence-electron chi connectivity index (χ1n) is 19.5. The molecule has 0 saturated carbocycles. The Kier molecular flexibility index (Phi) is 12.5. The van der Waals surface area contributed by atoms with Crippen LogP contribution in [-0.2, 0) is 17.1 Å². The van der Waals surface area contributed by atoms with Crippen molar-refractivity contribution in [2.45, 2.75) is 60.7 Å². The molecule has 286 valence electrons. The molecular weight excluding hydrogens is 916 g/mol. The average Bonchev–Trinajstić information content (AvgIpc) is 3.60. The second-order valence-corrected chi connectivity index (χ2v) is 56.5. The van der Waals surface area contributed by atoms with Gasteiger partial charge >= 0.3 is 324 Å². The summed E-state index contributed by atoms with van der Waals surface area (Å²) in [5.74, 6) is -0.208. The molecule has 4 aliphatic rings. The van der Waals surface area contributed by atoms with Crippen LogP contribution in [0.2, 0.25) is 9.36 Å². The van der Waals surface area contributed by atoms with Gasteiger partial charge in [-0.25, -0.2) is 0 Å². The Morgan fingerprint density at radius 3 is 1.34 bits per heavy atom. The summed E-state index contributed by atoms with van der Waals surface area (Å²) in [6.45, 7) is 6.89. The van der Waals surface area contributed by atoms with Crippen molar-refractivity contribution in [2.24, 2.45) is 0 Å². The molecule has 0 aromatic heterocycles. The maximum Gasteiger partial charge on any atom is -0.147 e. The van der Waals surface area contributed by atoms with Crippen molar-refractivity contribution in [3.63, 3.8) is 0 Å². The summed E-state index contributed by atoms with van der Waals surface area (Å²) < 4.78 is 40.1. The molecule has 0 aliphatic heterocycles. The van der Waals surface area contributed by atoms with E-state index >= 15 is 8.78 Å². The van der Waals surface area contributed by atoms with Gasteiger partial charge in [-0.15, -0.1) is 24.8 Å². The Morgan fingerprint density at radius 2 is 0.982 bits per heavy atom. The fraction of sp³-hybridized carbons (Fsp3) is 0.200. The minimum Gasteiger partial charge on any atom is -0.147 e. The van der Waals surface area contributed by atoms with Crippen molar-refractivity contribution >= 4 is 31.8 Å². The average molecular weight is 966 g/mol. The molecule has 4 aliphatic carbocycles. The van der Waals surface area contributed by atoms with E-state index in [-0.39, 0.29) is 48.3 Å². The van der Waals surface area contributed by atoms with Crippen LogP contribution in [0.1, 0.15) is 62.5 Å². The summed E-state index contributed by atoms with van der Waals surface area (Å²) >= 11 is -4.23. The van der Waals surface area contributed by atoms with Crippen molar-refractivity contribution in [3.8, 4) is 22.3 Å². The Balaban J connectivity index is 0.00000266. The predicted octanol–water partition coefficient (Wildman–Crippen LogP) is 14.3. The Hall–Kier alpha value is -3.67. The Bertz CT molecular complexity index is 2340. The van der Waals surface area contributed by atoms with E-state index in [4.69, 9.17) is 0 Å². The van der Waals surface area contributed by atoms with Gasteiger partial charge in [0.15, 0.2) is 0 Å². The second-order valence-electron chi connectivity index (χ2n) is 16.2. The molecule has 0 radical (unpaired) electrons. The SMILES string of the molecule is CCC1=[C]([Hf]([CH3])([CH3])(=[SiH2])[C]2=C(CC)C=C3C2=CC=CCC3c2ccc(-c3ccccc3)c(F)c2)C2=CC=CCC(c3ccc(-c4ccccc4)c(F)c3)C2=C1.Cl.Cl. The first kappa shape index (κ1) is 41.9. The number of fused-ring (bicyclic) bond motifs is 2. The predicted molar refractivity (Wildman–Crippen MR) is 238 cm³/mol. The Morgan fingerprint density at radius 1 is 0.589 bits per heavy atom. The van der Waals surface area contributed by atoms with Crippen LogP contribution >= 0.6 is 24.8 Å². The van der Waals surface area contributed by atoms with Crippen molar-refractivity contribution in [2.75, 3.05) is 0 Å². The topological polar surface area (TPSA) is 0 Å². The van der Waals surface area contributed by atoms with Gasteiger partial charge in [-0.3, -0.25) is 0 Å². The zero-order chi connectivity index (χ0) is 37.6. The van der Waals surface area contributed by atoms with Crippen LogP contribution in [0.15, 0.2) is 186 Å². The number of halogens is 4. The standard InChI is InChI=1S/2C24H20F.2CH3.2ClH.Hf.H2Si/c2*1-2-17-14-19-10-6-7-11-21(23(19)15-17)20-12-13-22(24(25)16-20)18-8-4-3-5-9-18;;;;;;/h2*3-10,12-13,15-16,21H,2,11H2,1H3;2*1H3;2*1H;;1H2.